The van der Waals surface area contributed by atoms with E-state index < -0.39 is 6.10 Å². The van der Waals surface area contributed by atoms with Crippen molar-refractivity contribution >= 4 is 31.9 Å². The van der Waals surface area contributed by atoms with Crippen molar-refractivity contribution in [1.82, 2.24) is 0 Å². The average Bonchev–Trinajstić information content (AvgIpc) is 2.58. The Morgan fingerprint density at radius 2 is 2.00 bits per heavy atom. The molecule has 2 rings (SSSR count). The number of halogens is 3. The second-order valence-electron chi connectivity index (χ2n) is 3.23. The van der Waals surface area contributed by atoms with Crippen molar-refractivity contribution in [2.75, 3.05) is 0 Å². The van der Waals surface area contributed by atoms with Crippen molar-refractivity contribution in [3.63, 3.8) is 0 Å². The van der Waals surface area contributed by atoms with E-state index in [1.165, 1.54) is 12.1 Å². The molecule has 1 N–H and O–H groups in total. The van der Waals surface area contributed by atoms with Crippen LogP contribution in [0.25, 0.3) is 0 Å². The lowest BCUT2D eigenvalue weighted by Gasteiger charge is -2.07. The van der Waals surface area contributed by atoms with E-state index in [-0.39, 0.29) is 5.82 Å². The van der Waals surface area contributed by atoms with Gasteiger partial charge in [0, 0.05) is 0 Å². The third-order valence-electron chi connectivity index (χ3n) is 2.10. The molecule has 1 heterocycles. The van der Waals surface area contributed by atoms with E-state index >= 15 is 0 Å². The molecule has 84 valence electrons. The van der Waals surface area contributed by atoms with Gasteiger partial charge in [-0.1, -0.05) is 12.1 Å². The minimum absolute atomic E-state index is 0.351. The van der Waals surface area contributed by atoms with Crippen molar-refractivity contribution in [2.24, 2.45) is 0 Å². The van der Waals surface area contributed by atoms with Gasteiger partial charge in [0.15, 0.2) is 4.67 Å². The summed E-state index contributed by atoms with van der Waals surface area (Å²) in [7, 11) is 0. The smallest absolute Gasteiger partial charge is 0.183 e. The van der Waals surface area contributed by atoms with Gasteiger partial charge in [0.2, 0.25) is 0 Å². The van der Waals surface area contributed by atoms with Crippen LogP contribution in [0.1, 0.15) is 17.4 Å². The molecule has 1 atom stereocenters. The molecule has 1 aromatic carbocycles. The molecule has 0 fully saturated rings. The van der Waals surface area contributed by atoms with Gasteiger partial charge in [-0.05, 0) is 55.6 Å². The second kappa shape index (κ2) is 4.69. The summed E-state index contributed by atoms with van der Waals surface area (Å²) in [4.78, 5) is 0. The zero-order valence-corrected chi connectivity index (χ0v) is 11.1. The Labute approximate surface area is 108 Å². The first kappa shape index (κ1) is 11.8. The molecule has 1 unspecified atom stereocenters. The summed E-state index contributed by atoms with van der Waals surface area (Å²) in [6.45, 7) is 0. The average molecular weight is 350 g/mol. The molecule has 0 aliphatic heterocycles. The van der Waals surface area contributed by atoms with Crippen LogP contribution in [0.2, 0.25) is 0 Å². The number of hydrogen-bond donors (Lipinski definition) is 1. The van der Waals surface area contributed by atoms with Crippen LogP contribution in [0.15, 0.2) is 43.9 Å². The number of furan rings is 1. The van der Waals surface area contributed by atoms with Crippen LogP contribution in [0.4, 0.5) is 4.39 Å². The maximum atomic E-state index is 13.0. The highest BCUT2D eigenvalue weighted by molar-refractivity contribution is 9.13. The third-order valence-corrected chi connectivity index (χ3v) is 3.81. The predicted octanol–water partition coefficient (Wildman–Crippen LogP) is 4.03. The van der Waals surface area contributed by atoms with Crippen molar-refractivity contribution in [1.29, 1.82) is 0 Å². The largest absolute Gasteiger partial charge is 0.450 e. The first-order valence-corrected chi connectivity index (χ1v) is 6.05. The van der Waals surface area contributed by atoms with Gasteiger partial charge in [0.25, 0.3) is 0 Å². The number of aliphatic hydroxyl groups is 1. The quantitative estimate of drug-likeness (QED) is 0.888. The lowest BCUT2D eigenvalue weighted by molar-refractivity contribution is 0.187. The fourth-order valence-corrected chi connectivity index (χ4v) is 1.95. The van der Waals surface area contributed by atoms with Gasteiger partial charge < -0.3 is 9.52 Å². The molecule has 0 radical (unpaired) electrons. The molecule has 16 heavy (non-hydrogen) atoms. The van der Waals surface area contributed by atoms with Gasteiger partial charge in [0.1, 0.15) is 17.7 Å². The minimum Gasteiger partial charge on any atom is -0.450 e. The van der Waals surface area contributed by atoms with E-state index in [1.54, 1.807) is 18.2 Å². The van der Waals surface area contributed by atoms with E-state index in [2.05, 4.69) is 31.9 Å². The summed E-state index contributed by atoms with van der Waals surface area (Å²) in [5, 5.41) is 9.95. The lowest BCUT2D eigenvalue weighted by Crippen LogP contribution is -1.98. The standard InChI is InChI=1S/C11H7Br2FO2/c12-8-5-9(16-11(8)13)10(15)6-2-1-3-7(14)4-6/h1-5,10,15H. The maximum absolute atomic E-state index is 13.0. The molecule has 0 bridgehead atoms. The minimum atomic E-state index is -0.974. The number of aliphatic hydroxyl groups excluding tert-OH is 1. The van der Waals surface area contributed by atoms with E-state index in [0.29, 0.717) is 20.5 Å². The van der Waals surface area contributed by atoms with Gasteiger partial charge in [0.05, 0.1) is 4.47 Å². The van der Waals surface area contributed by atoms with Gasteiger partial charge in [-0.3, -0.25) is 0 Å². The van der Waals surface area contributed by atoms with E-state index in [1.807, 2.05) is 0 Å². The summed E-state index contributed by atoms with van der Waals surface area (Å²) in [6.07, 6.45) is -0.974. The molecule has 2 aromatic rings. The Kier molecular flexibility index (Phi) is 3.47. The molecule has 5 heteroatoms. The monoisotopic (exact) mass is 348 g/mol. The van der Waals surface area contributed by atoms with Crippen LogP contribution in [-0.4, -0.2) is 5.11 Å². The van der Waals surface area contributed by atoms with Gasteiger partial charge in [-0.15, -0.1) is 0 Å². The first-order valence-electron chi connectivity index (χ1n) is 4.46. The summed E-state index contributed by atoms with van der Waals surface area (Å²) in [6, 6.07) is 7.41. The van der Waals surface area contributed by atoms with Crippen LogP contribution in [0, 0.1) is 5.82 Å². The van der Waals surface area contributed by atoms with Crippen molar-refractivity contribution in [3.05, 3.63) is 56.6 Å². The van der Waals surface area contributed by atoms with Crippen molar-refractivity contribution in [2.45, 2.75) is 6.10 Å². The molecule has 1 aromatic heterocycles. The fraction of sp³-hybridized carbons (Fsp3) is 0.0909. The predicted molar refractivity (Wildman–Crippen MR) is 64.6 cm³/mol. The Morgan fingerprint density at radius 3 is 2.56 bits per heavy atom. The van der Waals surface area contributed by atoms with Gasteiger partial charge in [-0.25, -0.2) is 4.39 Å². The number of rotatable bonds is 2. The maximum Gasteiger partial charge on any atom is 0.183 e. The molecule has 0 amide bonds. The Bertz CT molecular complexity index is 491. The summed E-state index contributed by atoms with van der Waals surface area (Å²) in [5.41, 5.74) is 0.453. The van der Waals surface area contributed by atoms with Crippen LogP contribution in [0.5, 0.6) is 0 Å². The lowest BCUT2D eigenvalue weighted by atomic mass is 10.1. The molecule has 0 aliphatic carbocycles. The topological polar surface area (TPSA) is 33.4 Å². The van der Waals surface area contributed by atoms with Crippen LogP contribution in [-0.2, 0) is 0 Å². The van der Waals surface area contributed by atoms with Crippen molar-refractivity contribution < 1.29 is 13.9 Å². The van der Waals surface area contributed by atoms with E-state index in [9.17, 15) is 9.50 Å². The number of benzene rings is 1. The zero-order valence-electron chi connectivity index (χ0n) is 7.95. The summed E-state index contributed by atoms with van der Waals surface area (Å²) in [5.74, 6) is -0.0365. The normalized spacial score (nSPS) is 12.8. The molecule has 2 nitrogen and oxygen atoms in total. The molecule has 0 saturated heterocycles. The Balaban J connectivity index is 2.35. The Morgan fingerprint density at radius 1 is 1.25 bits per heavy atom. The van der Waals surface area contributed by atoms with Crippen LogP contribution < -0.4 is 0 Å². The van der Waals surface area contributed by atoms with E-state index in [4.69, 9.17) is 4.42 Å². The molecule has 0 saturated carbocycles. The van der Waals surface area contributed by atoms with Crippen molar-refractivity contribution in [3.8, 4) is 0 Å². The van der Waals surface area contributed by atoms with Gasteiger partial charge in [-0.2, -0.15) is 0 Å². The highest BCUT2D eigenvalue weighted by atomic mass is 79.9. The summed E-state index contributed by atoms with van der Waals surface area (Å²) < 4.78 is 19.4. The highest BCUT2D eigenvalue weighted by Crippen LogP contribution is 2.32. The van der Waals surface area contributed by atoms with Crippen LogP contribution in [0.3, 0.4) is 0 Å². The second-order valence-corrected chi connectivity index (χ2v) is 4.80. The molecule has 0 aliphatic rings. The molecular formula is C11H7Br2FO2. The summed E-state index contributed by atoms with van der Waals surface area (Å²) >= 11 is 6.42. The van der Waals surface area contributed by atoms with E-state index in [0.717, 1.165) is 0 Å². The Hall–Kier alpha value is -0.650. The highest BCUT2D eigenvalue weighted by Gasteiger charge is 2.17. The third kappa shape index (κ3) is 2.36. The fourth-order valence-electron chi connectivity index (χ4n) is 1.34. The van der Waals surface area contributed by atoms with Gasteiger partial charge >= 0.3 is 0 Å². The first-order chi connectivity index (χ1) is 7.58. The SMILES string of the molecule is OC(c1cccc(F)c1)c1cc(Br)c(Br)o1. The zero-order chi connectivity index (χ0) is 11.7. The van der Waals surface area contributed by atoms with Crippen LogP contribution >= 0.6 is 31.9 Å². The molecular weight excluding hydrogens is 343 g/mol. The number of hydrogen-bond acceptors (Lipinski definition) is 2. The molecule has 0 spiro atoms.